The molecule has 0 radical (unpaired) electrons. The van der Waals surface area contributed by atoms with Crippen LogP contribution in [0.4, 0.5) is 17.1 Å². The molecule has 2 rings (SSSR count). The maximum absolute atomic E-state index is 12.0. The van der Waals surface area contributed by atoms with E-state index in [0.717, 1.165) is 6.07 Å². The number of nitriles is 1. The van der Waals surface area contributed by atoms with Crippen LogP contribution in [-0.2, 0) is 0 Å². The van der Waals surface area contributed by atoms with Crippen molar-refractivity contribution in [2.24, 2.45) is 0 Å². The summed E-state index contributed by atoms with van der Waals surface area (Å²) in [7, 11) is 0. The fourth-order valence-electron chi connectivity index (χ4n) is 1.58. The van der Waals surface area contributed by atoms with Crippen molar-refractivity contribution in [3.05, 3.63) is 57.9 Å². The highest BCUT2D eigenvalue weighted by Crippen LogP contribution is 2.25. The summed E-state index contributed by atoms with van der Waals surface area (Å²) < 4.78 is 0. The lowest BCUT2D eigenvalue weighted by atomic mass is 10.2. The lowest BCUT2D eigenvalue weighted by molar-refractivity contribution is -0.383. The second kappa shape index (κ2) is 5.66. The van der Waals surface area contributed by atoms with Gasteiger partial charge >= 0.3 is 0 Å². The first-order valence-electron chi connectivity index (χ1n) is 5.72. The largest absolute Gasteiger partial charge is 0.397 e. The summed E-state index contributed by atoms with van der Waals surface area (Å²) >= 11 is 0. The van der Waals surface area contributed by atoms with E-state index in [1.54, 1.807) is 6.07 Å². The van der Waals surface area contributed by atoms with E-state index in [-0.39, 0.29) is 22.6 Å². The van der Waals surface area contributed by atoms with E-state index in [4.69, 9.17) is 11.0 Å². The predicted octanol–water partition coefficient (Wildman–Crippen LogP) is 1.70. The van der Waals surface area contributed by atoms with Crippen LogP contribution in [0.25, 0.3) is 0 Å². The summed E-state index contributed by atoms with van der Waals surface area (Å²) in [5, 5.41) is 22.1. The van der Waals surface area contributed by atoms with Crippen molar-refractivity contribution in [3.63, 3.8) is 0 Å². The molecule has 0 aliphatic carbocycles. The van der Waals surface area contributed by atoms with Crippen molar-refractivity contribution in [3.8, 4) is 6.07 Å². The van der Waals surface area contributed by atoms with Gasteiger partial charge in [0.2, 0.25) is 0 Å². The Morgan fingerprint density at radius 1 is 1.38 bits per heavy atom. The molecule has 0 saturated carbocycles. The fourth-order valence-corrected chi connectivity index (χ4v) is 1.58. The van der Waals surface area contributed by atoms with Crippen molar-refractivity contribution >= 4 is 23.0 Å². The van der Waals surface area contributed by atoms with E-state index in [1.165, 1.54) is 30.5 Å². The lowest BCUT2D eigenvalue weighted by Gasteiger charge is -2.06. The second-order valence-corrected chi connectivity index (χ2v) is 4.03. The topological polar surface area (TPSA) is 135 Å². The Kier molecular flexibility index (Phi) is 3.76. The molecule has 0 unspecified atom stereocenters. The Labute approximate surface area is 119 Å². The zero-order chi connectivity index (χ0) is 15.4. The zero-order valence-electron chi connectivity index (χ0n) is 10.6. The molecule has 104 valence electrons. The molecule has 1 heterocycles. The van der Waals surface area contributed by atoms with E-state index < -0.39 is 10.8 Å². The first-order chi connectivity index (χ1) is 10.0. The predicted molar refractivity (Wildman–Crippen MR) is 74.4 cm³/mol. The summed E-state index contributed by atoms with van der Waals surface area (Å²) in [6, 6.07) is 8.46. The van der Waals surface area contributed by atoms with Crippen molar-refractivity contribution in [2.75, 3.05) is 11.1 Å². The molecule has 21 heavy (non-hydrogen) atoms. The van der Waals surface area contributed by atoms with Gasteiger partial charge in [0.25, 0.3) is 11.6 Å². The van der Waals surface area contributed by atoms with E-state index >= 15 is 0 Å². The third-order valence-electron chi connectivity index (χ3n) is 2.59. The van der Waals surface area contributed by atoms with Crippen molar-refractivity contribution in [1.82, 2.24) is 4.98 Å². The Balaban J connectivity index is 2.31. The van der Waals surface area contributed by atoms with Crippen molar-refractivity contribution in [2.45, 2.75) is 0 Å². The maximum Gasteiger partial charge on any atom is 0.294 e. The van der Waals surface area contributed by atoms with Gasteiger partial charge in [-0.25, -0.2) is 4.98 Å². The summed E-state index contributed by atoms with van der Waals surface area (Å²) in [4.78, 5) is 26.1. The van der Waals surface area contributed by atoms with Crippen LogP contribution in [0.3, 0.4) is 0 Å². The third-order valence-corrected chi connectivity index (χ3v) is 2.59. The minimum absolute atomic E-state index is 0.0115. The van der Waals surface area contributed by atoms with E-state index in [2.05, 4.69) is 10.3 Å². The monoisotopic (exact) mass is 283 g/mol. The molecule has 2 aromatic rings. The molecule has 1 amide bonds. The molecule has 8 nitrogen and oxygen atoms in total. The van der Waals surface area contributed by atoms with Crippen LogP contribution in [0.1, 0.15) is 16.1 Å². The average molecular weight is 283 g/mol. The number of anilines is 2. The van der Waals surface area contributed by atoms with Crippen LogP contribution in [0.15, 0.2) is 36.5 Å². The number of hydrogen-bond acceptors (Lipinski definition) is 6. The molecule has 0 aliphatic heterocycles. The van der Waals surface area contributed by atoms with Gasteiger partial charge in [0.15, 0.2) is 0 Å². The van der Waals surface area contributed by atoms with Crippen LogP contribution in [0, 0.1) is 21.4 Å². The van der Waals surface area contributed by atoms with Gasteiger partial charge in [-0.05, 0) is 24.3 Å². The number of hydrogen-bond donors (Lipinski definition) is 2. The summed E-state index contributed by atoms with van der Waals surface area (Å²) in [5.41, 5.74) is 5.69. The number of nitro groups is 1. The molecule has 0 bridgehead atoms. The Morgan fingerprint density at radius 2 is 2.14 bits per heavy atom. The maximum atomic E-state index is 12.0. The number of nitrogen functional groups attached to an aromatic ring is 1. The average Bonchev–Trinajstić information content (AvgIpc) is 2.48. The number of nitro benzene ring substituents is 1. The number of carbonyl (C=O) groups is 1. The van der Waals surface area contributed by atoms with E-state index in [9.17, 15) is 14.9 Å². The van der Waals surface area contributed by atoms with Crippen LogP contribution >= 0.6 is 0 Å². The Morgan fingerprint density at radius 3 is 2.71 bits per heavy atom. The van der Waals surface area contributed by atoms with Gasteiger partial charge in [0, 0.05) is 6.07 Å². The summed E-state index contributed by atoms with van der Waals surface area (Å²) in [6.07, 6.45) is 1.31. The summed E-state index contributed by atoms with van der Waals surface area (Å²) in [6.45, 7) is 0. The van der Waals surface area contributed by atoms with Gasteiger partial charge in [-0.3, -0.25) is 14.9 Å². The molecular formula is C13H9N5O3. The number of aromatic nitrogens is 1. The Hall–Kier alpha value is -3.47. The number of pyridine rings is 1. The van der Waals surface area contributed by atoms with E-state index in [1.807, 2.05) is 0 Å². The minimum atomic E-state index is -0.674. The van der Waals surface area contributed by atoms with Crippen LogP contribution < -0.4 is 11.1 Å². The van der Waals surface area contributed by atoms with Gasteiger partial charge in [0.1, 0.15) is 11.4 Å². The van der Waals surface area contributed by atoms with Crippen molar-refractivity contribution < 1.29 is 9.72 Å². The number of nitrogens with one attached hydrogen (secondary N) is 1. The zero-order valence-corrected chi connectivity index (χ0v) is 10.6. The summed E-state index contributed by atoms with van der Waals surface area (Å²) in [5.74, 6) is -0.609. The van der Waals surface area contributed by atoms with Gasteiger partial charge in [-0.2, -0.15) is 5.26 Å². The molecule has 0 spiro atoms. The smallest absolute Gasteiger partial charge is 0.294 e. The van der Waals surface area contributed by atoms with Crippen LogP contribution in [0.2, 0.25) is 0 Å². The SMILES string of the molecule is N#Cc1ccc(NC(=O)c2ccc(N)cn2)c([N+](=O)[O-])c1. The Bertz CT molecular complexity index is 749. The number of nitrogens with zero attached hydrogens (tertiary/aromatic N) is 3. The van der Waals surface area contributed by atoms with Gasteiger partial charge in [-0.1, -0.05) is 0 Å². The first kappa shape index (κ1) is 14.0. The number of nitrogens with two attached hydrogens (primary N) is 1. The van der Waals surface area contributed by atoms with Gasteiger partial charge < -0.3 is 11.1 Å². The highest BCUT2D eigenvalue weighted by Gasteiger charge is 2.18. The molecule has 0 atom stereocenters. The molecule has 0 fully saturated rings. The number of benzene rings is 1. The lowest BCUT2D eigenvalue weighted by Crippen LogP contribution is -2.14. The molecular weight excluding hydrogens is 274 g/mol. The van der Waals surface area contributed by atoms with E-state index in [0.29, 0.717) is 5.69 Å². The first-order valence-corrected chi connectivity index (χ1v) is 5.72. The number of rotatable bonds is 3. The van der Waals surface area contributed by atoms with Gasteiger partial charge in [0.05, 0.1) is 28.4 Å². The second-order valence-electron chi connectivity index (χ2n) is 4.03. The van der Waals surface area contributed by atoms with Crippen LogP contribution in [-0.4, -0.2) is 15.8 Å². The van der Waals surface area contributed by atoms with Crippen LogP contribution in [0.5, 0.6) is 0 Å². The van der Waals surface area contributed by atoms with Gasteiger partial charge in [-0.15, -0.1) is 0 Å². The minimum Gasteiger partial charge on any atom is -0.397 e. The quantitative estimate of drug-likeness (QED) is 0.650. The molecule has 1 aromatic carbocycles. The molecule has 0 saturated heterocycles. The molecule has 8 heteroatoms. The highest BCUT2D eigenvalue weighted by molar-refractivity contribution is 6.04. The third kappa shape index (κ3) is 3.10. The number of amides is 1. The number of carbonyl (C=O) groups excluding carboxylic acids is 1. The molecule has 0 aliphatic rings. The normalized spacial score (nSPS) is 9.67. The highest BCUT2D eigenvalue weighted by atomic mass is 16.6. The standard InChI is InChI=1S/C13H9N5O3/c14-6-8-1-3-10(12(5-8)18(20)21)17-13(19)11-4-2-9(15)7-16-11/h1-5,7H,15H2,(H,17,19). The fraction of sp³-hybridized carbons (Fsp3) is 0. The molecule has 3 N–H and O–H groups in total. The van der Waals surface area contributed by atoms with Crippen molar-refractivity contribution in [1.29, 1.82) is 5.26 Å². The molecule has 1 aromatic heterocycles.